The summed E-state index contributed by atoms with van der Waals surface area (Å²) in [7, 11) is 0. The highest BCUT2D eigenvalue weighted by Gasteiger charge is 2.27. The lowest BCUT2D eigenvalue weighted by Crippen LogP contribution is -1.77. The Hall–Kier alpha value is -1.58. The van der Waals surface area contributed by atoms with Crippen molar-refractivity contribution in [2.24, 2.45) is 0 Å². The highest BCUT2D eigenvalue weighted by molar-refractivity contribution is 5.55. The maximum absolute atomic E-state index is 4.33. The number of nitrogens with one attached hydrogen (secondary N) is 2. The van der Waals surface area contributed by atoms with Gasteiger partial charge in [0.15, 0.2) is 0 Å². The third-order valence-corrected chi connectivity index (χ3v) is 3.49. The van der Waals surface area contributed by atoms with Crippen LogP contribution < -0.4 is 0 Å². The van der Waals surface area contributed by atoms with Gasteiger partial charge in [-0.1, -0.05) is 0 Å². The van der Waals surface area contributed by atoms with Gasteiger partial charge in [0.05, 0.1) is 0 Å². The first kappa shape index (κ1) is 8.56. The molecule has 2 fully saturated rings. The second-order valence-corrected chi connectivity index (χ2v) is 4.97. The SMILES string of the molecule is c1c(-c2cc(C3CC3)[nH]n2)n[nH]c1C1CC1. The molecule has 2 heterocycles. The molecule has 0 saturated heterocycles. The molecule has 2 aliphatic rings. The second-order valence-electron chi connectivity index (χ2n) is 4.97. The first-order valence-corrected chi connectivity index (χ1v) is 6.01. The maximum Gasteiger partial charge on any atom is 0.113 e. The fourth-order valence-electron chi connectivity index (χ4n) is 2.14. The molecule has 0 aliphatic heterocycles. The van der Waals surface area contributed by atoms with E-state index < -0.39 is 0 Å². The van der Waals surface area contributed by atoms with E-state index in [0.717, 1.165) is 23.2 Å². The fraction of sp³-hybridized carbons (Fsp3) is 0.500. The third-order valence-electron chi connectivity index (χ3n) is 3.49. The minimum absolute atomic E-state index is 0.725. The molecule has 4 rings (SSSR count). The Labute approximate surface area is 93.5 Å². The zero-order valence-electron chi connectivity index (χ0n) is 9.03. The number of hydrogen-bond donors (Lipinski definition) is 2. The normalized spacial score (nSPS) is 20.2. The van der Waals surface area contributed by atoms with Gasteiger partial charge in [0.25, 0.3) is 0 Å². The minimum Gasteiger partial charge on any atom is -0.282 e. The van der Waals surface area contributed by atoms with Crippen molar-refractivity contribution in [2.75, 3.05) is 0 Å². The van der Waals surface area contributed by atoms with Gasteiger partial charge in [-0.15, -0.1) is 0 Å². The Bertz CT molecular complexity index is 468. The molecule has 2 N–H and O–H groups in total. The predicted octanol–water partition coefficient (Wildman–Crippen LogP) is 2.55. The molecular weight excluding hydrogens is 200 g/mol. The van der Waals surface area contributed by atoms with E-state index in [1.807, 2.05) is 0 Å². The Kier molecular flexibility index (Phi) is 1.59. The first-order chi connectivity index (χ1) is 7.90. The van der Waals surface area contributed by atoms with Gasteiger partial charge >= 0.3 is 0 Å². The molecule has 0 bridgehead atoms. The van der Waals surface area contributed by atoms with Crippen molar-refractivity contribution in [2.45, 2.75) is 37.5 Å². The van der Waals surface area contributed by atoms with Gasteiger partial charge < -0.3 is 0 Å². The number of aromatic amines is 2. The molecule has 2 aromatic rings. The van der Waals surface area contributed by atoms with Crippen LogP contribution in [0.3, 0.4) is 0 Å². The molecule has 0 amide bonds. The highest BCUT2D eigenvalue weighted by atomic mass is 15.2. The summed E-state index contributed by atoms with van der Waals surface area (Å²) in [5, 5.41) is 14.9. The largest absolute Gasteiger partial charge is 0.282 e. The molecule has 0 aromatic carbocycles. The monoisotopic (exact) mass is 214 g/mol. The van der Waals surface area contributed by atoms with E-state index in [9.17, 15) is 0 Å². The van der Waals surface area contributed by atoms with Crippen molar-refractivity contribution in [3.63, 3.8) is 0 Å². The highest BCUT2D eigenvalue weighted by Crippen LogP contribution is 2.41. The quantitative estimate of drug-likeness (QED) is 0.825. The van der Waals surface area contributed by atoms with E-state index in [4.69, 9.17) is 0 Å². The van der Waals surface area contributed by atoms with Crippen molar-refractivity contribution in [3.8, 4) is 11.4 Å². The van der Waals surface area contributed by atoms with Gasteiger partial charge in [0.1, 0.15) is 11.4 Å². The van der Waals surface area contributed by atoms with Gasteiger partial charge in [0.2, 0.25) is 0 Å². The smallest absolute Gasteiger partial charge is 0.113 e. The Morgan fingerprint density at radius 3 is 1.62 bits per heavy atom. The summed E-state index contributed by atoms with van der Waals surface area (Å²) in [5.74, 6) is 1.45. The molecule has 2 saturated carbocycles. The van der Waals surface area contributed by atoms with Crippen molar-refractivity contribution in [1.29, 1.82) is 0 Å². The summed E-state index contributed by atoms with van der Waals surface area (Å²) in [6.45, 7) is 0. The summed E-state index contributed by atoms with van der Waals surface area (Å²) in [6.07, 6.45) is 5.20. The molecule has 4 heteroatoms. The molecule has 4 nitrogen and oxygen atoms in total. The van der Waals surface area contributed by atoms with Gasteiger partial charge in [-0.25, -0.2) is 0 Å². The average molecular weight is 214 g/mol. The van der Waals surface area contributed by atoms with Crippen LogP contribution in [0.2, 0.25) is 0 Å². The van der Waals surface area contributed by atoms with Crippen LogP contribution in [0.5, 0.6) is 0 Å². The summed E-state index contributed by atoms with van der Waals surface area (Å²) < 4.78 is 0. The zero-order chi connectivity index (χ0) is 10.5. The van der Waals surface area contributed by atoms with Crippen LogP contribution >= 0.6 is 0 Å². The van der Waals surface area contributed by atoms with Crippen LogP contribution in [0.4, 0.5) is 0 Å². The van der Waals surface area contributed by atoms with Crippen LogP contribution in [0.25, 0.3) is 11.4 Å². The number of rotatable bonds is 3. The summed E-state index contributed by atoms with van der Waals surface area (Å²) in [6, 6.07) is 4.29. The van der Waals surface area contributed by atoms with Crippen LogP contribution in [0.1, 0.15) is 48.9 Å². The summed E-state index contributed by atoms with van der Waals surface area (Å²) >= 11 is 0. The standard InChI is InChI=1S/C12H14N4/c1-2-7(1)9-5-11(15-13-9)12-6-10(14-16-12)8-3-4-8/h5-8H,1-4H2,(H,13,15)(H,14,16). The topological polar surface area (TPSA) is 57.4 Å². The fourth-order valence-corrected chi connectivity index (χ4v) is 2.14. The summed E-state index contributed by atoms with van der Waals surface area (Å²) in [5.41, 5.74) is 4.49. The molecule has 2 aliphatic carbocycles. The Balaban J connectivity index is 1.65. The summed E-state index contributed by atoms with van der Waals surface area (Å²) in [4.78, 5) is 0. The lowest BCUT2D eigenvalue weighted by Gasteiger charge is -1.86. The Morgan fingerprint density at radius 2 is 1.25 bits per heavy atom. The van der Waals surface area contributed by atoms with Gasteiger partial charge in [0, 0.05) is 23.2 Å². The van der Waals surface area contributed by atoms with E-state index in [1.165, 1.54) is 37.1 Å². The van der Waals surface area contributed by atoms with Crippen molar-refractivity contribution < 1.29 is 0 Å². The van der Waals surface area contributed by atoms with Gasteiger partial charge in [-0.2, -0.15) is 10.2 Å². The average Bonchev–Trinajstić information content (AvgIpc) is 3.23. The number of H-pyrrole nitrogens is 2. The van der Waals surface area contributed by atoms with Crippen LogP contribution in [0, 0.1) is 0 Å². The van der Waals surface area contributed by atoms with Crippen LogP contribution in [-0.4, -0.2) is 20.4 Å². The van der Waals surface area contributed by atoms with E-state index in [1.54, 1.807) is 0 Å². The molecule has 0 unspecified atom stereocenters. The first-order valence-electron chi connectivity index (χ1n) is 6.01. The van der Waals surface area contributed by atoms with Gasteiger partial charge in [-0.3, -0.25) is 10.2 Å². The van der Waals surface area contributed by atoms with Crippen molar-refractivity contribution in [3.05, 3.63) is 23.5 Å². The second kappa shape index (κ2) is 2.97. The van der Waals surface area contributed by atoms with E-state index >= 15 is 0 Å². The predicted molar refractivity (Wildman–Crippen MR) is 60.1 cm³/mol. The van der Waals surface area contributed by atoms with E-state index in [2.05, 4.69) is 32.5 Å². The van der Waals surface area contributed by atoms with Crippen LogP contribution in [0.15, 0.2) is 12.1 Å². The van der Waals surface area contributed by atoms with Crippen molar-refractivity contribution >= 4 is 0 Å². The number of nitrogens with zero attached hydrogens (tertiary/aromatic N) is 2. The Morgan fingerprint density at radius 1 is 0.812 bits per heavy atom. The molecule has 16 heavy (non-hydrogen) atoms. The third kappa shape index (κ3) is 1.37. The van der Waals surface area contributed by atoms with E-state index in [0.29, 0.717) is 0 Å². The number of hydrogen-bond acceptors (Lipinski definition) is 2. The molecule has 2 aromatic heterocycles. The van der Waals surface area contributed by atoms with Crippen LogP contribution in [-0.2, 0) is 0 Å². The zero-order valence-corrected chi connectivity index (χ0v) is 9.03. The van der Waals surface area contributed by atoms with Crippen molar-refractivity contribution in [1.82, 2.24) is 20.4 Å². The lowest BCUT2D eigenvalue weighted by atomic mass is 10.2. The maximum atomic E-state index is 4.33. The molecule has 82 valence electrons. The molecule has 0 spiro atoms. The minimum atomic E-state index is 0.725. The molecule has 0 atom stereocenters. The molecular formula is C12H14N4. The number of aromatic nitrogens is 4. The molecule has 0 radical (unpaired) electrons. The lowest BCUT2D eigenvalue weighted by molar-refractivity contribution is 0.956. The van der Waals surface area contributed by atoms with E-state index in [-0.39, 0.29) is 0 Å². The van der Waals surface area contributed by atoms with Gasteiger partial charge in [-0.05, 0) is 37.8 Å².